The van der Waals surface area contributed by atoms with Crippen LogP contribution >= 0.6 is 12.2 Å². The van der Waals surface area contributed by atoms with Crippen LogP contribution in [0.3, 0.4) is 0 Å². The summed E-state index contributed by atoms with van der Waals surface area (Å²) in [6.45, 7) is 1.93. The molecule has 1 aromatic carbocycles. The van der Waals surface area contributed by atoms with Gasteiger partial charge in [0, 0.05) is 11.6 Å². The Morgan fingerprint density at radius 2 is 1.95 bits per heavy atom. The molecule has 4 nitrogen and oxygen atoms in total. The summed E-state index contributed by atoms with van der Waals surface area (Å²) in [5, 5.41) is 0. The van der Waals surface area contributed by atoms with Crippen molar-refractivity contribution in [3.8, 4) is 0 Å². The molecule has 110 valence electrons. The summed E-state index contributed by atoms with van der Waals surface area (Å²) in [4.78, 5) is 0.261. The number of sulfonamides is 1. The molecule has 0 spiro atoms. The molecular weight excluding hydrogens is 292 g/mol. The summed E-state index contributed by atoms with van der Waals surface area (Å²) in [7, 11) is -3.59. The molecule has 6 heteroatoms. The number of hydrogen-bond acceptors (Lipinski definition) is 3. The van der Waals surface area contributed by atoms with Crippen LogP contribution in [0.4, 0.5) is 0 Å². The zero-order valence-corrected chi connectivity index (χ0v) is 13.1. The summed E-state index contributed by atoms with van der Waals surface area (Å²) in [6, 6.07) is 6.52. The van der Waals surface area contributed by atoms with Crippen molar-refractivity contribution in [3.63, 3.8) is 0 Å². The van der Waals surface area contributed by atoms with Crippen LogP contribution in [0, 0.1) is 5.92 Å². The predicted octanol–water partition coefficient (Wildman–Crippen LogP) is 2.18. The Balaban J connectivity index is 2.24. The van der Waals surface area contributed by atoms with Crippen LogP contribution in [0.15, 0.2) is 29.2 Å². The quantitative estimate of drug-likeness (QED) is 0.817. The molecule has 20 heavy (non-hydrogen) atoms. The SMILES string of the molecule is CC(NS(=O)(=O)c1ccccc1C(N)=S)C1CCCC1. The van der Waals surface area contributed by atoms with Gasteiger partial charge in [-0.1, -0.05) is 43.3 Å². The molecule has 1 aliphatic carbocycles. The fourth-order valence-corrected chi connectivity index (χ4v) is 4.54. The Morgan fingerprint density at radius 1 is 1.35 bits per heavy atom. The van der Waals surface area contributed by atoms with Crippen molar-refractivity contribution in [2.45, 2.75) is 43.5 Å². The highest BCUT2D eigenvalue weighted by Gasteiger charge is 2.27. The van der Waals surface area contributed by atoms with E-state index in [0.717, 1.165) is 12.8 Å². The van der Waals surface area contributed by atoms with E-state index < -0.39 is 10.0 Å². The van der Waals surface area contributed by atoms with Crippen molar-refractivity contribution >= 4 is 27.2 Å². The first-order chi connectivity index (χ1) is 9.42. The second-order valence-electron chi connectivity index (χ2n) is 5.31. The number of hydrogen-bond donors (Lipinski definition) is 2. The van der Waals surface area contributed by atoms with Crippen LogP contribution in [-0.2, 0) is 10.0 Å². The standard InChI is InChI=1S/C14H20N2O2S2/c1-10(11-6-2-3-7-11)16-20(17,18)13-9-5-4-8-12(13)14(15)19/h4-5,8-11,16H,2-3,6-7H2,1H3,(H2,15,19). The van der Waals surface area contributed by atoms with Crippen molar-refractivity contribution in [3.05, 3.63) is 29.8 Å². The third kappa shape index (κ3) is 3.37. The lowest BCUT2D eigenvalue weighted by Gasteiger charge is -2.21. The zero-order valence-electron chi connectivity index (χ0n) is 11.5. The summed E-state index contributed by atoms with van der Waals surface area (Å²) < 4.78 is 27.8. The van der Waals surface area contributed by atoms with Gasteiger partial charge in [0.1, 0.15) is 4.99 Å². The number of nitrogens with two attached hydrogens (primary N) is 1. The summed E-state index contributed by atoms with van der Waals surface area (Å²) in [5.41, 5.74) is 6.00. The number of thiocarbonyl (C=S) groups is 1. The molecule has 1 fully saturated rings. The van der Waals surface area contributed by atoms with Crippen LogP contribution in [0.25, 0.3) is 0 Å². The van der Waals surface area contributed by atoms with Crippen LogP contribution in [0.1, 0.15) is 38.2 Å². The Morgan fingerprint density at radius 3 is 2.55 bits per heavy atom. The average Bonchev–Trinajstić information content (AvgIpc) is 2.92. The van der Waals surface area contributed by atoms with E-state index in [-0.39, 0.29) is 15.9 Å². The van der Waals surface area contributed by atoms with E-state index in [4.69, 9.17) is 18.0 Å². The van der Waals surface area contributed by atoms with Gasteiger partial charge < -0.3 is 5.73 Å². The third-order valence-corrected chi connectivity index (χ3v) is 5.73. The maximum Gasteiger partial charge on any atom is 0.241 e. The van der Waals surface area contributed by atoms with E-state index in [1.807, 2.05) is 6.92 Å². The minimum absolute atomic E-state index is 0.0677. The number of benzene rings is 1. The molecule has 1 aliphatic rings. The monoisotopic (exact) mass is 312 g/mol. The van der Waals surface area contributed by atoms with E-state index in [0.29, 0.717) is 11.5 Å². The lowest BCUT2D eigenvalue weighted by Crippen LogP contribution is -2.38. The Labute approximate surface area is 125 Å². The van der Waals surface area contributed by atoms with Gasteiger partial charge >= 0.3 is 0 Å². The summed E-state index contributed by atoms with van der Waals surface area (Å²) in [6.07, 6.45) is 4.53. The molecule has 0 bridgehead atoms. The molecule has 0 aliphatic heterocycles. The smallest absolute Gasteiger partial charge is 0.241 e. The molecule has 1 unspecified atom stereocenters. The topological polar surface area (TPSA) is 72.2 Å². The zero-order chi connectivity index (χ0) is 14.8. The molecule has 0 heterocycles. The van der Waals surface area contributed by atoms with Crippen LogP contribution in [-0.4, -0.2) is 19.4 Å². The third-order valence-electron chi connectivity index (χ3n) is 3.89. The fraction of sp³-hybridized carbons (Fsp3) is 0.500. The van der Waals surface area contributed by atoms with Crippen molar-refractivity contribution in [1.82, 2.24) is 4.72 Å². The lowest BCUT2D eigenvalue weighted by molar-refractivity contribution is 0.424. The van der Waals surface area contributed by atoms with Crippen LogP contribution in [0.2, 0.25) is 0 Å². The molecule has 0 amide bonds. The van der Waals surface area contributed by atoms with E-state index in [1.165, 1.54) is 18.9 Å². The minimum Gasteiger partial charge on any atom is -0.389 e. The highest BCUT2D eigenvalue weighted by atomic mass is 32.2. The van der Waals surface area contributed by atoms with Gasteiger partial charge in [-0.25, -0.2) is 13.1 Å². The lowest BCUT2D eigenvalue weighted by atomic mass is 10.0. The van der Waals surface area contributed by atoms with Gasteiger partial charge in [-0.15, -0.1) is 0 Å². The van der Waals surface area contributed by atoms with Gasteiger partial charge in [-0.3, -0.25) is 0 Å². The molecule has 0 aromatic heterocycles. The van der Waals surface area contributed by atoms with Gasteiger partial charge in [0.15, 0.2) is 0 Å². The van der Waals surface area contributed by atoms with Gasteiger partial charge in [-0.2, -0.15) is 0 Å². The first-order valence-corrected chi connectivity index (χ1v) is 8.72. The Kier molecular flexibility index (Phi) is 4.78. The van der Waals surface area contributed by atoms with Gasteiger partial charge in [0.05, 0.1) is 4.90 Å². The number of nitrogens with one attached hydrogen (secondary N) is 1. The van der Waals surface area contributed by atoms with Gasteiger partial charge in [0.2, 0.25) is 10.0 Å². The fourth-order valence-electron chi connectivity index (χ4n) is 2.77. The molecule has 0 radical (unpaired) electrons. The molecule has 1 aromatic rings. The van der Waals surface area contributed by atoms with E-state index >= 15 is 0 Å². The highest BCUT2D eigenvalue weighted by Crippen LogP contribution is 2.28. The van der Waals surface area contributed by atoms with E-state index in [9.17, 15) is 8.42 Å². The van der Waals surface area contributed by atoms with Crippen LogP contribution in [0.5, 0.6) is 0 Å². The molecule has 2 rings (SSSR count). The van der Waals surface area contributed by atoms with Crippen molar-refractivity contribution in [1.29, 1.82) is 0 Å². The average molecular weight is 312 g/mol. The largest absolute Gasteiger partial charge is 0.389 e. The summed E-state index contributed by atoms with van der Waals surface area (Å²) in [5.74, 6) is 0.418. The maximum absolute atomic E-state index is 12.5. The summed E-state index contributed by atoms with van der Waals surface area (Å²) >= 11 is 4.92. The van der Waals surface area contributed by atoms with Gasteiger partial charge in [-0.05, 0) is 31.7 Å². The van der Waals surface area contributed by atoms with E-state index in [1.54, 1.807) is 18.2 Å². The molecule has 1 saturated carbocycles. The molecule has 0 saturated heterocycles. The second kappa shape index (κ2) is 6.20. The predicted molar refractivity (Wildman–Crippen MR) is 84.1 cm³/mol. The number of rotatable bonds is 5. The first kappa shape index (κ1) is 15.4. The first-order valence-electron chi connectivity index (χ1n) is 6.83. The van der Waals surface area contributed by atoms with Crippen LogP contribution < -0.4 is 10.5 Å². The second-order valence-corrected chi connectivity index (χ2v) is 7.44. The maximum atomic E-state index is 12.5. The molecular formula is C14H20N2O2S2. The Bertz CT molecular complexity index is 593. The molecule has 1 atom stereocenters. The van der Waals surface area contributed by atoms with Crippen molar-refractivity contribution in [2.75, 3.05) is 0 Å². The normalized spacial score (nSPS) is 18.1. The highest BCUT2D eigenvalue weighted by molar-refractivity contribution is 7.89. The van der Waals surface area contributed by atoms with Crippen molar-refractivity contribution < 1.29 is 8.42 Å². The van der Waals surface area contributed by atoms with Gasteiger partial charge in [0.25, 0.3) is 0 Å². The van der Waals surface area contributed by atoms with E-state index in [2.05, 4.69) is 4.72 Å². The minimum atomic E-state index is -3.59. The Hall–Kier alpha value is -0.980. The molecule has 3 N–H and O–H groups in total. The van der Waals surface area contributed by atoms with Crippen molar-refractivity contribution in [2.24, 2.45) is 11.7 Å².